The summed E-state index contributed by atoms with van der Waals surface area (Å²) in [6, 6.07) is 9.86. The molecule has 0 bridgehead atoms. The van der Waals surface area contributed by atoms with Gasteiger partial charge >= 0.3 is 6.09 Å². The molecular weight excluding hydrogens is 306 g/mol. The number of hydrogen-bond acceptors (Lipinski definition) is 4. The van der Waals surface area contributed by atoms with E-state index >= 15 is 0 Å². The molecule has 1 aromatic carbocycles. The zero-order valence-electron chi connectivity index (χ0n) is 14.1. The molecule has 0 spiro atoms. The Morgan fingerprint density at radius 1 is 1.29 bits per heavy atom. The highest BCUT2D eigenvalue weighted by Crippen LogP contribution is 2.21. The van der Waals surface area contributed by atoms with Gasteiger partial charge in [0.1, 0.15) is 6.61 Å². The molecule has 2 aliphatic rings. The van der Waals surface area contributed by atoms with E-state index in [0.717, 1.165) is 31.5 Å². The summed E-state index contributed by atoms with van der Waals surface area (Å²) in [4.78, 5) is 27.9. The first-order valence-electron chi connectivity index (χ1n) is 8.58. The van der Waals surface area contributed by atoms with Crippen molar-refractivity contribution in [3.63, 3.8) is 0 Å². The summed E-state index contributed by atoms with van der Waals surface area (Å²) < 4.78 is 5.29. The van der Waals surface area contributed by atoms with Crippen LogP contribution in [0.15, 0.2) is 30.3 Å². The second-order valence-electron chi connectivity index (χ2n) is 6.59. The molecule has 1 unspecified atom stereocenters. The average molecular weight is 331 g/mol. The van der Waals surface area contributed by atoms with Gasteiger partial charge in [0.15, 0.2) is 0 Å². The van der Waals surface area contributed by atoms with Gasteiger partial charge in [-0.15, -0.1) is 0 Å². The van der Waals surface area contributed by atoms with Crippen LogP contribution < -0.4 is 5.32 Å². The summed E-state index contributed by atoms with van der Waals surface area (Å²) in [6.45, 7) is 3.07. The van der Waals surface area contributed by atoms with Gasteiger partial charge in [-0.25, -0.2) is 4.79 Å². The molecule has 0 radical (unpaired) electrons. The highest BCUT2D eigenvalue weighted by Gasteiger charge is 2.39. The Labute approximate surface area is 142 Å². The number of benzene rings is 1. The molecule has 2 heterocycles. The van der Waals surface area contributed by atoms with Gasteiger partial charge in [0.05, 0.1) is 5.92 Å². The summed E-state index contributed by atoms with van der Waals surface area (Å²) >= 11 is 0. The van der Waals surface area contributed by atoms with Crippen molar-refractivity contribution in [1.29, 1.82) is 0 Å². The first kappa shape index (κ1) is 16.8. The quantitative estimate of drug-likeness (QED) is 0.907. The third kappa shape index (κ3) is 3.87. The second kappa shape index (κ2) is 7.66. The number of ether oxygens (including phenoxy) is 1. The fourth-order valence-electron chi connectivity index (χ4n) is 3.23. The van der Waals surface area contributed by atoms with E-state index in [1.54, 1.807) is 4.90 Å². The minimum absolute atomic E-state index is 0.0961. The van der Waals surface area contributed by atoms with Crippen molar-refractivity contribution in [1.82, 2.24) is 15.1 Å². The van der Waals surface area contributed by atoms with E-state index < -0.39 is 0 Å². The summed E-state index contributed by atoms with van der Waals surface area (Å²) in [5.41, 5.74) is 0.962. The van der Waals surface area contributed by atoms with Crippen LogP contribution in [0.4, 0.5) is 4.79 Å². The van der Waals surface area contributed by atoms with Crippen LogP contribution in [0, 0.1) is 5.92 Å². The number of hydrogen-bond donors (Lipinski definition) is 1. The van der Waals surface area contributed by atoms with Crippen molar-refractivity contribution in [2.24, 2.45) is 5.92 Å². The number of piperidine rings is 1. The lowest BCUT2D eigenvalue weighted by molar-refractivity contribution is -0.141. The van der Waals surface area contributed by atoms with E-state index in [2.05, 4.69) is 5.32 Å². The summed E-state index contributed by atoms with van der Waals surface area (Å²) in [5, 5.41) is 3.33. The van der Waals surface area contributed by atoms with E-state index in [1.807, 2.05) is 42.3 Å². The van der Waals surface area contributed by atoms with Crippen LogP contribution in [-0.2, 0) is 16.1 Å². The largest absolute Gasteiger partial charge is 0.445 e. The van der Waals surface area contributed by atoms with Gasteiger partial charge in [-0.3, -0.25) is 4.79 Å². The molecule has 130 valence electrons. The first-order valence-corrected chi connectivity index (χ1v) is 8.58. The molecule has 6 heteroatoms. The van der Waals surface area contributed by atoms with Gasteiger partial charge in [0.25, 0.3) is 0 Å². The topological polar surface area (TPSA) is 61.9 Å². The Morgan fingerprint density at radius 3 is 2.71 bits per heavy atom. The molecule has 2 amide bonds. The Morgan fingerprint density at radius 2 is 2.04 bits per heavy atom. The zero-order chi connectivity index (χ0) is 16.9. The molecule has 1 N–H and O–H groups in total. The van der Waals surface area contributed by atoms with Crippen LogP contribution in [0.3, 0.4) is 0 Å². The molecule has 1 atom stereocenters. The minimum Gasteiger partial charge on any atom is -0.445 e. The number of carbonyl (C=O) groups excluding carboxylic acids is 2. The van der Waals surface area contributed by atoms with Gasteiger partial charge in [0.2, 0.25) is 5.91 Å². The van der Waals surface area contributed by atoms with Gasteiger partial charge in [0, 0.05) is 32.7 Å². The lowest BCUT2D eigenvalue weighted by Crippen LogP contribution is -2.58. The highest BCUT2D eigenvalue weighted by molar-refractivity contribution is 5.82. The lowest BCUT2D eigenvalue weighted by Gasteiger charge is -2.41. The number of nitrogens with zero attached hydrogens (tertiary/aromatic N) is 2. The van der Waals surface area contributed by atoms with Crippen molar-refractivity contribution in [3.05, 3.63) is 35.9 Å². The van der Waals surface area contributed by atoms with Crippen LogP contribution in [0.5, 0.6) is 0 Å². The van der Waals surface area contributed by atoms with Gasteiger partial charge < -0.3 is 19.9 Å². The average Bonchev–Trinajstić information content (AvgIpc) is 2.59. The second-order valence-corrected chi connectivity index (χ2v) is 6.59. The lowest BCUT2D eigenvalue weighted by atomic mass is 9.97. The Balaban J connectivity index is 1.41. The number of likely N-dealkylation sites (N-methyl/N-ethyl adjacent to an activating group) is 1. The first-order chi connectivity index (χ1) is 11.6. The molecule has 6 nitrogen and oxygen atoms in total. The number of nitrogens with one attached hydrogen (secondary N) is 1. The van der Waals surface area contributed by atoms with E-state index in [4.69, 9.17) is 4.74 Å². The maximum absolute atomic E-state index is 12.5. The van der Waals surface area contributed by atoms with Crippen molar-refractivity contribution in [2.45, 2.75) is 25.5 Å². The fraction of sp³-hybridized carbons (Fsp3) is 0.556. The third-order valence-electron chi connectivity index (χ3n) is 4.86. The van der Waals surface area contributed by atoms with E-state index in [0.29, 0.717) is 13.1 Å². The predicted molar refractivity (Wildman–Crippen MR) is 90.4 cm³/mol. The monoisotopic (exact) mass is 331 g/mol. The molecule has 2 fully saturated rings. The van der Waals surface area contributed by atoms with E-state index in [-0.39, 0.29) is 30.6 Å². The van der Waals surface area contributed by atoms with Crippen molar-refractivity contribution < 1.29 is 14.3 Å². The maximum atomic E-state index is 12.5. The number of amides is 2. The SMILES string of the molecule is CN(C(=O)C1CN(C(=O)OCc2ccccc2)C1)C1CCCNC1. The predicted octanol–water partition coefficient (Wildman–Crippen LogP) is 1.47. The molecule has 2 saturated heterocycles. The molecule has 0 aliphatic carbocycles. The van der Waals surface area contributed by atoms with Crippen molar-refractivity contribution >= 4 is 12.0 Å². The minimum atomic E-state index is -0.343. The molecule has 1 aromatic rings. The molecule has 24 heavy (non-hydrogen) atoms. The van der Waals surface area contributed by atoms with Gasteiger partial charge in [-0.1, -0.05) is 30.3 Å². The highest BCUT2D eigenvalue weighted by atomic mass is 16.6. The summed E-state index contributed by atoms with van der Waals surface area (Å²) in [7, 11) is 1.87. The Bertz CT molecular complexity index is 566. The number of carbonyl (C=O) groups is 2. The van der Waals surface area contributed by atoms with E-state index in [1.165, 1.54) is 0 Å². The van der Waals surface area contributed by atoms with E-state index in [9.17, 15) is 9.59 Å². The molecule has 2 aliphatic heterocycles. The zero-order valence-corrected chi connectivity index (χ0v) is 14.1. The van der Waals surface area contributed by atoms with Crippen LogP contribution in [0.25, 0.3) is 0 Å². The summed E-state index contributed by atoms with van der Waals surface area (Å²) in [6.07, 6.45) is 1.81. The van der Waals surface area contributed by atoms with Crippen LogP contribution in [0.2, 0.25) is 0 Å². The van der Waals surface area contributed by atoms with Crippen molar-refractivity contribution in [2.75, 3.05) is 33.2 Å². The molecule has 0 saturated carbocycles. The van der Waals surface area contributed by atoms with Gasteiger partial charge in [-0.2, -0.15) is 0 Å². The summed E-state index contributed by atoms with van der Waals surface area (Å²) in [5.74, 6) is 0.0389. The molecular formula is C18H25N3O3. The van der Waals surface area contributed by atoms with Crippen molar-refractivity contribution in [3.8, 4) is 0 Å². The van der Waals surface area contributed by atoms with Gasteiger partial charge in [-0.05, 0) is 24.9 Å². The fourth-order valence-corrected chi connectivity index (χ4v) is 3.23. The van der Waals surface area contributed by atoms with Crippen LogP contribution >= 0.6 is 0 Å². The third-order valence-corrected chi connectivity index (χ3v) is 4.86. The molecule has 3 rings (SSSR count). The smallest absolute Gasteiger partial charge is 0.410 e. The standard InChI is InChI=1S/C18H25N3O3/c1-20(16-8-5-9-19-10-16)17(22)15-11-21(12-15)18(23)24-13-14-6-3-2-4-7-14/h2-4,6-7,15-16,19H,5,8-13H2,1H3. The molecule has 0 aromatic heterocycles. The number of likely N-dealkylation sites (tertiary alicyclic amines) is 1. The normalized spacial score (nSPS) is 21.0. The number of rotatable bonds is 4. The Kier molecular flexibility index (Phi) is 5.35. The van der Waals surface area contributed by atoms with Crippen LogP contribution in [-0.4, -0.2) is 61.1 Å². The Hall–Kier alpha value is -2.08. The van der Waals surface area contributed by atoms with Crippen LogP contribution in [0.1, 0.15) is 18.4 Å². The maximum Gasteiger partial charge on any atom is 0.410 e.